The number of hydrogen-bond acceptors (Lipinski definition) is 0. The zero-order valence-corrected chi connectivity index (χ0v) is 32.0. The standard InChI is InChI=1S/C59H7B3/c1-6-11-16-21-26-31-36-41-46-51-56-60(55-50-45-40-35-30-25-20-15-10-5)62(59-54-49-44-39-34-29-24-19-14-9-4)61(57-52-47-42-37-32-27-22-17-12-7-2)58-53-48-43-38-33-28-23-18-13-8-3/h1-4H,5H3. The van der Waals surface area contributed by atoms with Crippen molar-refractivity contribution in [3.63, 3.8) is 0 Å². The highest BCUT2D eigenvalue weighted by molar-refractivity contribution is 7.59. The molecule has 0 aromatic carbocycles. The molecule has 0 radical (unpaired) electrons. The Hall–Kier alpha value is -12.6. The quantitative estimate of drug-likeness (QED) is 0.275. The highest BCUT2D eigenvalue weighted by Gasteiger charge is 2.36. The minimum absolute atomic E-state index is 0.877. The first-order chi connectivity index (χ1) is 30.7. The Morgan fingerprint density at radius 1 is 0.194 bits per heavy atom. The lowest BCUT2D eigenvalue weighted by atomic mass is 8.89. The van der Waals surface area contributed by atoms with E-state index in [-0.39, 0.29) is 0 Å². The van der Waals surface area contributed by atoms with Crippen LogP contribution in [0, 0.1) is 345 Å². The molecule has 0 nitrogen and oxygen atoms in total. The van der Waals surface area contributed by atoms with Crippen LogP contribution in [-0.4, -0.2) is 19.7 Å². The summed E-state index contributed by atoms with van der Waals surface area (Å²) in [6.07, 6.45) is 20.3. The van der Waals surface area contributed by atoms with Crippen molar-refractivity contribution in [2.45, 2.75) is 6.92 Å². The Labute approximate surface area is 369 Å². The van der Waals surface area contributed by atoms with Gasteiger partial charge in [0.25, 0.3) is 13.2 Å². The maximum atomic E-state index is 5.07. The molecule has 0 aliphatic rings. The van der Waals surface area contributed by atoms with E-state index in [0.29, 0.717) is 0 Å². The predicted octanol–water partition coefficient (Wildman–Crippen LogP) is -0.0387. The monoisotopic (exact) mass is 748 g/mol. The molecule has 0 atom stereocenters. The summed E-state index contributed by atoms with van der Waals surface area (Å²) in [4.78, 5) is 0. The van der Waals surface area contributed by atoms with Crippen molar-refractivity contribution >= 4 is 19.7 Å². The summed E-state index contributed by atoms with van der Waals surface area (Å²) in [5, 5.41) is 0. The smallest absolute Gasteiger partial charge is 0.154 e. The Morgan fingerprint density at radius 3 is 0.548 bits per heavy atom. The highest BCUT2D eigenvalue weighted by atomic mass is 13.7. The SMILES string of the molecule is C#CC#CC#CC#CC#CC#CB(C#CC#CC#CC#CC#CC)B(C#CC#CC#CC#CC#CC#C)B(C#CC#CC#CC#CC#CC#C)C#CC#CC#CC#CC#CC#C. The molecule has 3 heteroatoms. The molecule has 0 saturated carbocycles. The Bertz CT molecular complexity index is 3650. The van der Waals surface area contributed by atoms with Crippen molar-refractivity contribution in [1.29, 1.82) is 0 Å². The van der Waals surface area contributed by atoms with E-state index in [4.69, 9.17) is 25.7 Å². The molecule has 0 fully saturated rings. The first-order valence-electron chi connectivity index (χ1n) is 16.0. The van der Waals surface area contributed by atoms with E-state index in [1.165, 1.54) is 0 Å². The molecule has 0 bridgehead atoms. The van der Waals surface area contributed by atoms with Crippen LogP contribution >= 0.6 is 0 Å². The van der Waals surface area contributed by atoms with Crippen LogP contribution in [0.4, 0.5) is 0 Å². The molecule has 0 aromatic heterocycles. The lowest BCUT2D eigenvalue weighted by molar-refractivity contribution is 1.92. The fraction of sp³-hybridized carbons (Fsp3) is 0.0169. The van der Waals surface area contributed by atoms with Crippen LogP contribution in [0.15, 0.2) is 0 Å². The summed E-state index contributed by atoms with van der Waals surface area (Å²) < 4.78 is 0. The molecule has 0 aliphatic carbocycles. The van der Waals surface area contributed by atoms with E-state index in [1.807, 2.05) is 0 Å². The topological polar surface area (TPSA) is 0 Å². The molecule has 0 saturated heterocycles. The van der Waals surface area contributed by atoms with Gasteiger partial charge < -0.3 is 0 Å². The summed E-state index contributed by atoms with van der Waals surface area (Å²) >= 11 is 0. The van der Waals surface area contributed by atoms with Crippen molar-refractivity contribution in [2.75, 3.05) is 0 Å². The van der Waals surface area contributed by atoms with Crippen LogP contribution in [0.1, 0.15) is 6.92 Å². The van der Waals surface area contributed by atoms with Gasteiger partial charge in [-0.1, -0.05) is 5.92 Å². The molecule has 0 heterocycles. The van der Waals surface area contributed by atoms with Gasteiger partial charge in [-0.05, 0) is 291 Å². The molecule has 0 N–H and O–H groups in total. The second kappa shape index (κ2) is 42.8. The van der Waals surface area contributed by atoms with Crippen LogP contribution in [0.5, 0.6) is 0 Å². The molecule has 252 valence electrons. The van der Waals surface area contributed by atoms with Crippen molar-refractivity contribution in [2.24, 2.45) is 0 Å². The third-order valence-corrected chi connectivity index (χ3v) is 4.72. The molecule has 62 heavy (non-hydrogen) atoms. The van der Waals surface area contributed by atoms with E-state index in [2.05, 4.69) is 319 Å². The van der Waals surface area contributed by atoms with E-state index in [0.717, 1.165) is 0 Å². The molecular weight excluding hydrogens is 741 g/mol. The lowest BCUT2D eigenvalue weighted by Crippen LogP contribution is -2.46. The Balaban J connectivity index is 7.87. The molecule has 0 rings (SSSR count). The molecule has 0 aliphatic heterocycles. The summed E-state index contributed by atoms with van der Waals surface area (Å²) in [5.74, 6) is 138. The van der Waals surface area contributed by atoms with Gasteiger partial charge >= 0.3 is 0 Å². The Morgan fingerprint density at radius 2 is 0.355 bits per heavy atom. The molecule has 0 amide bonds. The van der Waals surface area contributed by atoms with Crippen molar-refractivity contribution in [3.05, 3.63) is 0 Å². The third-order valence-electron chi connectivity index (χ3n) is 4.72. The lowest BCUT2D eigenvalue weighted by Gasteiger charge is -2.06. The predicted molar refractivity (Wildman–Crippen MR) is 253 cm³/mol. The normalized spacial score (nSPS) is 4.47. The summed E-state index contributed by atoms with van der Waals surface area (Å²) in [5.41, 5.74) is 0. The van der Waals surface area contributed by atoms with Gasteiger partial charge in [-0.25, -0.2) is 0 Å². The van der Waals surface area contributed by atoms with Crippen LogP contribution in [0.25, 0.3) is 0 Å². The van der Waals surface area contributed by atoms with Crippen molar-refractivity contribution in [1.82, 2.24) is 0 Å². The number of terminal acetylenes is 4. The van der Waals surface area contributed by atoms with Crippen molar-refractivity contribution < 1.29 is 0 Å². The fourth-order valence-corrected chi connectivity index (χ4v) is 2.63. The maximum absolute atomic E-state index is 5.07. The second-order valence-corrected chi connectivity index (χ2v) is 8.53. The van der Waals surface area contributed by atoms with E-state index < -0.39 is 19.7 Å². The molecular formula is C59H7B3. The van der Waals surface area contributed by atoms with Crippen molar-refractivity contribution in [3.8, 4) is 345 Å². The number of hydrogen-bond donors (Lipinski definition) is 0. The molecule has 0 unspecified atom stereocenters. The van der Waals surface area contributed by atoms with Gasteiger partial charge in [0.05, 0.1) is 0 Å². The largest absolute Gasteiger partial charge is 0.295 e. The van der Waals surface area contributed by atoms with Gasteiger partial charge in [0.1, 0.15) is 0 Å². The van der Waals surface area contributed by atoms with E-state index in [9.17, 15) is 0 Å². The van der Waals surface area contributed by atoms with Crippen LogP contribution < -0.4 is 0 Å². The van der Waals surface area contributed by atoms with Gasteiger partial charge in [-0.3, -0.25) is 0 Å². The summed E-state index contributed by atoms with van der Waals surface area (Å²) in [6, 6.07) is 0. The van der Waals surface area contributed by atoms with Gasteiger partial charge in [0.2, 0.25) is 6.49 Å². The van der Waals surface area contributed by atoms with Gasteiger partial charge in [-0.15, -0.1) is 49.0 Å². The minimum Gasteiger partial charge on any atom is -0.154 e. The van der Waals surface area contributed by atoms with E-state index in [1.54, 1.807) is 6.92 Å². The Kier molecular flexibility index (Phi) is 34.2. The molecule has 0 spiro atoms. The van der Waals surface area contributed by atoms with Crippen LogP contribution in [0.3, 0.4) is 0 Å². The van der Waals surface area contributed by atoms with Crippen LogP contribution in [-0.2, 0) is 0 Å². The van der Waals surface area contributed by atoms with Gasteiger partial charge in [0.15, 0.2) is 0 Å². The fourth-order valence-electron chi connectivity index (χ4n) is 2.63. The van der Waals surface area contributed by atoms with Gasteiger partial charge in [-0.2, -0.15) is 5.82 Å². The maximum Gasteiger partial charge on any atom is 0.295 e. The highest BCUT2D eigenvalue weighted by Crippen LogP contribution is 1.96. The average molecular weight is 748 g/mol. The zero-order valence-electron chi connectivity index (χ0n) is 32.0. The first kappa shape index (κ1) is 49.4. The van der Waals surface area contributed by atoms with Crippen LogP contribution in [0.2, 0.25) is 0 Å². The summed E-state index contributed by atoms with van der Waals surface area (Å²) in [6.45, 7) is -1.05. The average Bonchev–Trinajstić information content (AvgIpc) is 3.28. The summed E-state index contributed by atoms with van der Waals surface area (Å²) in [7, 11) is 0. The second-order valence-electron chi connectivity index (χ2n) is 8.53. The minimum atomic E-state index is -0.915. The molecule has 0 aromatic rings. The first-order valence-corrected chi connectivity index (χ1v) is 16.0. The van der Waals surface area contributed by atoms with Gasteiger partial charge in [0, 0.05) is 0 Å². The zero-order chi connectivity index (χ0) is 44.9. The third kappa shape index (κ3) is 34.5. The number of rotatable bonds is 2. The van der Waals surface area contributed by atoms with E-state index >= 15 is 0 Å².